The Morgan fingerprint density at radius 1 is 1.38 bits per heavy atom. The minimum absolute atomic E-state index is 0.106. The van der Waals surface area contributed by atoms with Crippen molar-refractivity contribution in [3.63, 3.8) is 0 Å². The Balaban J connectivity index is 1.83. The average molecular weight is 349 g/mol. The molecular formula is C16H19N3O4S. The molecule has 1 atom stereocenters. The summed E-state index contributed by atoms with van der Waals surface area (Å²) in [6.07, 6.45) is 0.618. The molecular weight excluding hydrogens is 330 g/mol. The van der Waals surface area contributed by atoms with Crippen molar-refractivity contribution in [2.45, 2.75) is 13.3 Å². The quantitative estimate of drug-likeness (QED) is 0.898. The fourth-order valence-corrected chi connectivity index (χ4v) is 3.99. The van der Waals surface area contributed by atoms with Crippen molar-refractivity contribution in [2.24, 2.45) is 11.1 Å². The summed E-state index contributed by atoms with van der Waals surface area (Å²) in [5.41, 5.74) is 1.74. The van der Waals surface area contributed by atoms with Crippen LogP contribution < -0.4 is 5.14 Å². The van der Waals surface area contributed by atoms with Crippen molar-refractivity contribution >= 4 is 15.9 Å². The Labute approximate surface area is 140 Å². The van der Waals surface area contributed by atoms with E-state index in [0.717, 1.165) is 5.56 Å². The number of benzene rings is 1. The third-order valence-electron chi connectivity index (χ3n) is 4.16. The monoisotopic (exact) mass is 349 g/mol. The molecule has 2 N–H and O–H groups in total. The summed E-state index contributed by atoms with van der Waals surface area (Å²) in [5.74, 6) is 0.0212. The number of hydrogen-bond donors (Lipinski definition) is 1. The van der Waals surface area contributed by atoms with E-state index in [1.54, 1.807) is 11.8 Å². The maximum Gasteiger partial charge on any atom is 0.259 e. The van der Waals surface area contributed by atoms with E-state index < -0.39 is 10.0 Å². The van der Waals surface area contributed by atoms with Gasteiger partial charge in [0.1, 0.15) is 17.0 Å². The van der Waals surface area contributed by atoms with Gasteiger partial charge in [0.25, 0.3) is 5.91 Å². The van der Waals surface area contributed by atoms with Gasteiger partial charge in [-0.1, -0.05) is 35.5 Å². The van der Waals surface area contributed by atoms with Gasteiger partial charge < -0.3 is 9.42 Å². The summed E-state index contributed by atoms with van der Waals surface area (Å²) >= 11 is 0. The predicted octanol–water partition coefficient (Wildman–Crippen LogP) is 1.40. The lowest BCUT2D eigenvalue weighted by Crippen LogP contribution is -2.31. The van der Waals surface area contributed by atoms with E-state index in [1.807, 2.05) is 30.3 Å². The number of rotatable bonds is 4. The van der Waals surface area contributed by atoms with Gasteiger partial charge in [0, 0.05) is 18.7 Å². The highest BCUT2D eigenvalue weighted by molar-refractivity contribution is 7.89. The standard InChI is InChI=1S/C16H19N3O4S/c1-11-14(15(18-23-11)13-5-3-2-4-6-13)16(20)19-8-7-12(9-19)10-24(17,21)22/h2-6,12H,7-10H2,1H3,(H2,17,21,22)/t12-/m1/s1. The fourth-order valence-electron chi connectivity index (χ4n) is 3.06. The van der Waals surface area contributed by atoms with Crippen LogP contribution in [0.15, 0.2) is 34.9 Å². The molecule has 128 valence electrons. The molecule has 0 saturated carbocycles. The van der Waals surface area contributed by atoms with E-state index in [0.29, 0.717) is 36.5 Å². The second-order valence-corrected chi connectivity index (χ2v) is 7.72. The van der Waals surface area contributed by atoms with Crippen LogP contribution in [0.1, 0.15) is 22.5 Å². The molecule has 0 unspecified atom stereocenters. The number of aryl methyl sites for hydroxylation is 1. The molecule has 0 bridgehead atoms. The third kappa shape index (κ3) is 3.49. The Morgan fingerprint density at radius 2 is 2.08 bits per heavy atom. The zero-order valence-electron chi connectivity index (χ0n) is 13.3. The van der Waals surface area contributed by atoms with Crippen LogP contribution in [-0.2, 0) is 10.0 Å². The number of nitrogens with zero attached hydrogens (tertiary/aromatic N) is 2. The van der Waals surface area contributed by atoms with E-state index in [9.17, 15) is 13.2 Å². The van der Waals surface area contributed by atoms with Crippen molar-refractivity contribution < 1.29 is 17.7 Å². The Morgan fingerprint density at radius 3 is 2.75 bits per heavy atom. The molecule has 0 radical (unpaired) electrons. The number of carbonyl (C=O) groups excluding carboxylic acids is 1. The fraction of sp³-hybridized carbons (Fsp3) is 0.375. The van der Waals surface area contributed by atoms with Gasteiger partial charge in [-0.3, -0.25) is 4.79 Å². The SMILES string of the molecule is Cc1onc(-c2ccccc2)c1C(=O)N1CC[C@@H](CS(N)(=O)=O)C1. The summed E-state index contributed by atoms with van der Waals surface area (Å²) in [4.78, 5) is 14.5. The number of likely N-dealkylation sites (tertiary alicyclic amines) is 1. The van der Waals surface area contributed by atoms with Gasteiger partial charge >= 0.3 is 0 Å². The molecule has 1 amide bonds. The molecule has 8 heteroatoms. The molecule has 7 nitrogen and oxygen atoms in total. The highest BCUT2D eigenvalue weighted by atomic mass is 32.2. The van der Waals surface area contributed by atoms with Gasteiger partial charge in [-0.2, -0.15) is 0 Å². The van der Waals surface area contributed by atoms with E-state index in [2.05, 4.69) is 5.16 Å². The number of primary sulfonamides is 1. The largest absolute Gasteiger partial charge is 0.360 e. The molecule has 1 aromatic carbocycles. The van der Waals surface area contributed by atoms with Gasteiger partial charge in [-0.05, 0) is 19.3 Å². The normalized spacial score (nSPS) is 18.1. The topological polar surface area (TPSA) is 106 Å². The lowest BCUT2D eigenvalue weighted by Gasteiger charge is -2.16. The second kappa shape index (κ2) is 6.37. The molecule has 1 aromatic heterocycles. The van der Waals surface area contributed by atoms with Crippen LogP contribution in [0.25, 0.3) is 11.3 Å². The third-order valence-corrected chi connectivity index (χ3v) is 5.10. The highest BCUT2D eigenvalue weighted by Crippen LogP contribution is 2.28. The molecule has 24 heavy (non-hydrogen) atoms. The summed E-state index contributed by atoms with van der Waals surface area (Å²) < 4.78 is 27.7. The number of carbonyl (C=O) groups is 1. The summed E-state index contributed by atoms with van der Waals surface area (Å²) in [5, 5.41) is 9.12. The summed E-state index contributed by atoms with van der Waals surface area (Å²) in [6, 6.07) is 9.34. The van der Waals surface area contributed by atoms with Crippen molar-refractivity contribution in [2.75, 3.05) is 18.8 Å². The van der Waals surface area contributed by atoms with Gasteiger partial charge in [-0.15, -0.1) is 0 Å². The molecule has 0 aliphatic carbocycles. The summed E-state index contributed by atoms with van der Waals surface area (Å²) in [7, 11) is -3.54. The lowest BCUT2D eigenvalue weighted by molar-refractivity contribution is 0.0787. The number of aromatic nitrogens is 1. The van der Waals surface area contributed by atoms with E-state index in [1.165, 1.54) is 0 Å². The van der Waals surface area contributed by atoms with E-state index in [4.69, 9.17) is 9.66 Å². The van der Waals surface area contributed by atoms with Crippen LogP contribution >= 0.6 is 0 Å². The maximum absolute atomic E-state index is 12.9. The molecule has 3 rings (SSSR count). The number of amides is 1. The first-order valence-corrected chi connectivity index (χ1v) is 9.38. The first-order valence-electron chi connectivity index (χ1n) is 7.66. The molecule has 1 aliphatic rings. The van der Waals surface area contributed by atoms with Crippen molar-refractivity contribution in [3.8, 4) is 11.3 Å². The van der Waals surface area contributed by atoms with E-state index in [-0.39, 0.29) is 17.6 Å². The lowest BCUT2D eigenvalue weighted by atomic mass is 10.1. The van der Waals surface area contributed by atoms with E-state index >= 15 is 0 Å². The van der Waals surface area contributed by atoms with Crippen LogP contribution in [0.2, 0.25) is 0 Å². The first-order chi connectivity index (χ1) is 11.3. The number of sulfonamides is 1. The van der Waals surface area contributed by atoms with Gasteiger partial charge in [-0.25, -0.2) is 13.6 Å². The predicted molar refractivity (Wildman–Crippen MR) is 88.7 cm³/mol. The van der Waals surface area contributed by atoms with Crippen LogP contribution in [0, 0.1) is 12.8 Å². The molecule has 0 spiro atoms. The minimum Gasteiger partial charge on any atom is -0.360 e. The van der Waals surface area contributed by atoms with Crippen LogP contribution in [0.3, 0.4) is 0 Å². The average Bonchev–Trinajstić information content (AvgIpc) is 3.12. The Kier molecular flexibility index (Phi) is 4.42. The maximum atomic E-state index is 12.9. The molecule has 2 aromatic rings. The Hall–Kier alpha value is -2.19. The van der Waals surface area contributed by atoms with Crippen molar-refractivity contribution in [1.82, 2.24) is 10.1 Å². The molecule has 1 fully saturated rings. The minimum atomic E-state index is -3.54. The van der Waals surface area contributed by atoms with Gasteiger partial charge in [0.05, 0.1) is 5.75 Å². The highest BCUT2D eigenvalue weighted by Gasteiger charge is 2.32. The second-order valence-electron chi connectivity index (χ2n) is 6.06. The first kappa shape index (κ1) is 16.7. The zero-order valence-corrected chi connectivity index (χ0v) is 14.1. The van der Waals surface area contributed by atoms with Crippen molar-refractivity contribution in [3.05, 3.63) is 41.7 Å². The van der Waals surface area contributed by atoms with Crippen molar-refractivity contribution in [1.29, 1.82) is 0 Å². The smallest absolute Gasteiger partial charge is 0.259 e. The van der Waals surface area contributed by atoms with Crippen LogP contribution in [0.5, 0.6) is 0 Å². The molecule has 1 aliphatic heterocycles. The van der Waals surface area contributed by atoms with Crippen LogP contribution in [-0.4, -0.2) is 43.2 Å². The Bertz CT molecular complexity index is 845. The molecule has 1 saturated heterocycles. The van der Waals surface area contributed by atoms with Crippen LogP contribution in [0.4, 0.5) is 0 Å². The molecule has 2 heterocycles. The van der Waals surface area contributed by atoms with Gasteiger partial charge in [0.15, 0.2) is 0 Å². The van der Waals surface area contributed by atoms with Gasteiger partial charge in [0.2, 0.25) is 10.0 Å². The number of hydrogen-bond acceptors (Lipinski definition) is 5. The number of nitrogens with two attached hydrogens (primary N) is 1. The zero-order chi connectivity index (χ0) is 17.3. The summed E-state index contributed by atoms with van der Waals surface area (Å²) in [6.45, 7) is 2.57.